The maximum absolute atomic E-state index is 11.1. The molecule has 1 heterocycles. The lowest BCUT2D eigenvalue weighted by Gasteiger charge is -2.33. The number of carbonyl (C=O) groups is 1. The summed E-state index contributed by atoms with van der Waals surface area (Å²) in [4.78, 5) is 16.5. The van der Waals surface area contributed by atoms with Crippen molar-refractivity contribution >= 4 is 11.7 Å². The van der Waals surface area contributed by atoms with Gasteiger partial charge in [-0.3, -0.25) is 0 Å². The second kappa shape index (κ2) is 4.19. The first-order valence-electron chi connectivity index (χ1n) is 4.73. The molecule has 1 aromatic heterocycles. The van der Waals surface area contributed by atoms with Crippen LogP contribution in [0.4, 0.5) is 5.69 Å². The minimum atomic E-state index is -1.09. The molecule has 0 unspecified atom stereocenters. The molecule has 84 valence electrons. The second-order valence-corrected chi connectivity index (χ2v) is 3.91. The van der Waals surface area contributed by atoms with Gasteiger partial charge in [-0.1, -0.05) is 0 Å². The third-order valence-electron chi connectivity index (χ3n) is 2.62. The van der Waals surface area contributed by atoms with Crippen molar-refractivity contribution in [2.75, 3.05) is 11.9 Å². The molecule has 0 saturated heterocycles. The Morgan fingerprint density at radius 2 is 2.25 bits per heavy atom. The van der Waals surface area contributed by atoms with E-state index in [0.717, 1.165) is 0 Å². The molecule has 1 N–H and O–H groups in total. The van der Waals surface area contributed by atoms with Gasteiger partial charge in [0, 0.05) is 13.2 Å². The van der Waals surface area contributed by atoms with Gasteiger partial charge in [0.25, 0.3) is 0 Å². The number of hydrogen-bond donors (Lipinski definition) is 1. The standard InChI is InChI=1S/C11H13N3O2/c1-11(2,10(15)16)14(3)9-5-4-6-13-8(9)7-12/h4-6H,1-3H3,(H,15,16). The van der Waals surface area contributed by atoms with E-state index in [0.29, 0.717) is 5.69 Å². The molecule has 0 saturated carbocycles. The minimum absolute atomic E-state index is 0.222. The smallest absolute Gasteiger partial charge is 0.328 e. The Bertz CT molecular complexity index is 449. The fourth-order valence-electron chi connectivity index (χ4n) is 1.20. The lowest BCUT2D eigenvalue weighted by molar-refractivity contribution is -0.142. The van der Waals surface area contributed by atoms with Crippen LogP contribution in [-0.4, -0.2) is 28.6 Å². The molecule has 0 radical (unpaired) electrons. The quantitative estimate of drug-likeness (QED) is 0.827. The van der Waals surface area contributed by atoms with Crippen LogP contribution in [0.2, 0.25) is 0 Å². The van der Waals surface area contributed by atoms with Crippen molar-refractivity contribution in [3.63, 3.8) is 0 Å². The fourth-order valence-corrected chi connectivity index (χ4v) is 1.20. The van der Waals surface area contributed by atoms with Crippen LogP contribution in [0, 0.1) is 11.3 Å². The summed E-state index contributed by atoms with van der Waals surface area (Å²) in [7, 11) is 1.63. The molecule has 0 spiro atoms. The number of pyridine rings is 1. The fraction of sp³-hybridized carbons (Fsp3) is 0.364. The Morgan fingerprint density at radius 3 is 2.75 bits per heavy atom. The Kier molecular flexibility index (Phi) is 3.14. The summed E-state index contributed by atoms with van der Waals surface area (Å²) in [5.74, 6) is -0.956. The van der Waals surface area contributed by atoms with Gasteiger partial charge < -0.3 is 10.0 Å². The molecule has 16 heavy (non-hydrogen) atoms. The highest BCUT2D eigenvalue weighted by atomic mass is 16.4. The van der Waals surface area contributed by atoms with Crippen LogP contribution in [0.5, 0.6) is 0 Å². The van der Waals surface area contributed by atoms with Crippen LogP contribution in [0.15, 0.2) is 18.3 Å². The van der Waals surface area contributed by atoms with Gasteiger partial charge in [0.05, 0.1) is 5.69 Å². The largest absolute Gasteiger partial charge is 0.480 e. The molecule has 0 aromatic carbocycles. The number of carboxylic acids is 1. The average molecular weight is 219 g/mol. The molecule has 0 bridgehead atoms. The highest BCUT2D eigenvalue weighted by Gasteiger charge is 2.33. The van der Waals surface area contributed by atoms with E-state index < -0.39 is 11.5 Å². The number of hydrogen-bond acceptors (Lipinski definition) is 4. The highest BCUT2D eigenvalue weighted by molar-refractivity contribution is 5.83. The molecule has 5 heteroatoms. The van der Waals surface area contributed by atoms with Crippen LogP contribution in [0.3, 0.4) is 0 Å². The van der Waals surface area contributed by atoms with Crippen molar-refractivity contribution in [2.24, 2.45) is 0 Å². The van der Waals surface area contributed by atoms with Crippen molar-refractivity contribution in [2.45, 2.75) is 19.4 Å². The van der Waals surface area contributed by atoms with E-state index >= 15 is 0 Å². The summed E-state index contributed by atoms with van der Waals surface area (Å²) in [5.41, 5.74) is -0.356. The van der Waals surface area contributed by atoms with Gasteiger partial charge in [-0.25, -0.2) is 9.78 Å². The zero-order valence-corrected chi connectivity index (χ0v) is 9.43. The molecular formula is C11H13N3O2. The summed E-state index contributed by atoms with van der Waals surface area (Å²) in [6, 6.07) is 5.29. The van der Waals surface area contributed by atoms with Crippen LogP contribution in [-0.2, 0) is 4.79 Å². The van der Waals surface area contributed by atoms with E-state index in [1.165, 1.54) is 11.1 Å². The van der Waals surface area contributed by atoms with Crippen LogP contribution < -0.4 is 4.90 Å². The van der Waals surface area contributed by atoms with E-state index in [9.17, 15) is 4.79 Å². The third kappa shape index (κ3) is 1.96. The molecule has 1 aromatic rings. The number of carboxylic acid groups (broad SMARTS) is 1. The molecular weight excluding hydrogens is 206 g/mol. The lowest BCUT2D eigenvalue weighted by atomic mass is 10.0. The number of aliphatic carboxylic acids is 1. The maximum atomic E-state index is 11.1. The zero-order chi connectivity index (χ0) is 12.3. The molecule has 0 amide bonds. The molecule has 1 rings (SSSR count). The van der Waals surface area contributed by atoms with Gasteiger partial charge in [0.2, 0.25) is 0 Å². The van der Waals surface area contributed by atoms with Gasteiger partial charge in [0.15, 0.2) is 5.69 Å². The molecule has 0 fully saturated rings. The number of likely N-dealkylation sites (N-methyl/N-ethyl adjacent to an activating group) is 1. The topological polar surface area (TPSA) is 77.2 Å². The molecule has 0 aliphatic heterocycles. The summed E-state index contributed by atoms with van der Waals surface area (Å²) in [6.45, 7) is 3.15. The number of anilines is 1. The third-order valence-corrected chi connectivity index (χ3v) is 2.62. The van der Waals surface area contributed by atoms with Crippen molar-refractivity contribution in [3.05, 3.63) is 24.0 Å². The van der Waals surface area contributed by atoms with Crippen LogP contribution in [0.1, 0.15) is 19.5 Å². The van der Waals surface area contributed by atoms with Crippen molar-refractivity contribution in [1.82, 2.24) is 4.98 Å². The monoisotopic (exact) mass is 219 g/mol. The summed E-state index contributed by atoms with van der Waals surface area (Å²) in [6.07, 6.45) is 1.50. The van der Waals surface area contributed by atoms with Crippen molar-refractivity contribution < 1.29 is 9.90 Å². The molecule has 0 atom stereocenters. The predicted molar refractivity (Wildman–Crippen MR) is 59.1 cm³/mol. The number of nitrogens with zero attached hydrogens (tertiary/aromatic N) is 3. The maximum Gasteiger partial charge on any atom is 0.328 e. The van der Waals surface area contributed by atoms with E-state index in [-0.39, 0.29) is 5.69 Å². The Morgan fingerprint density at radius 1 is 1.62 bits per heavy atom. The number of rotatable bonds is 3. The summed E-state index contributed by atoms with van der Waals surface area (Å²) < 4.78 is 0. The number of nitriles is 1. The van der Waals surface area contributed by atoms with Crippen molar-refractivity contribution in [3.8, 4) is 6.07 Å². The zero-order valence-electron chi connectivity index (χ0n) is 9.43. The number of aromatic nitrogens is 1. The summed E-state index contributed by atoms with van der Waals surface area (Å²) >= 11 is 0. The summed E-state index contributed by atoms with van der Waals surface area (Å²) in [5, 5.41) is 18.0. The van der Waals surface area contributed by atoms with E-state index in [2.05, 4.69) is 4.98 Å². The van der Waals surface area contributed by atoms with E-state index in [1.54, 1.807) is 33.0 Å². The van der Waals surface area contributed by atoms with Gasteiger partial charge in [0.1, 0.15) is 11.6 Å². The van der Waals surface area contributed by atoms with Gasteiger partial charge >= 0.3 is 5.97 Å². The van der Waals surface area contributed by atoms with Crippen LogP contribution >= 0.6 is 0 Å². The van der Waals surface area contributed by atoms with Crippen molar-refractivity contribution in [1.29, 1.82) is 5.26 Å². The van der Waals surface area contributed by atoms with Gasteiger partial charge in [-0.2, -0.15) is 5.26 Å². The minimum Gasteiger partial charge on any atom is -0.480 e. The first kappa shape index (κ1) is 12.0. The Balaban J connectivity index is 3.20. The highest BCUT2D eigenvalue weighted by Crippen LogP contribution is 2.24. The normalized spacial score (nSPS) is 10.6. The predicted octanol–water partition coefficient (Wildman–Crippen LogP) is 1.25. The Labute approximate surface area is 93.9 Å². The average Bonchev–Trinajstić information content (AvgIpc) is 2.27. The van der Waals surface area contributed by atoms with Crippen LogP contribution in [0.25, 0.3) is 0 Å². The van der Waals surface area contributed by atoms with Gasteiger partial charge in [-0.15, -0.1) is 0 Å². The molecule has 5 nitrogen and oxygen atoms in total. The van der Waals surface area contributed by atoms with E-state index in [1.807, 2.05) is 6.07 Å². The SMILES string of the molecule is CN(c1cccnc1C#N)C(C)(C)C(=O)O. The first-order valence-corrected chi connectivity index (χ1v) is 4.73. The lowest BCUT2D eigenvalue weighted by Crippen LogP contribution is -2.48. The first-order chi connectivity index (χ1) is 7.41. The molecule has 0 aliphatic carbocycles. The van der Waals surface area contributed by atoms with E-state index in [4.69, 9.17) is 10.4 Å². The Hall–Kier alpha value is -2.09. The second-order valence-electron chi connectivity index (χ2n) is 3.91. The van der Waals surface area contributed by atoms with Gasteiger partial charge in [-0.05, 0) is 26.0 Å². The molecule has 0 aliphatic rings.